The first-order valence-electron chi connectivity index (χ1n) is 6.41. The normalized spacial score (nSPS) is 15.1. The molecule has 0 spiro atoms. The van der Waals surface area contributed by atoms with Gasteiger partial charge in [0.2, 0.25) is 0 Å². The number of nitrogens with one attached hydrogen (secondary N) is 1. The molecule has 1 aliphatic rings. The molecule has 110 valence electrons. The molecule has 9 heteroatoms. The Morgan fingerprint density at radius 3 is 2.70 bits per heavy atom. The Labute approximate surface area is 116 Å². The van der Waals surface area contributed by atoms with E-state index in [0.717, 1.165) is 0 Å². The maximum atomic E-state index is 11.6. The molecule has 0 atom stereocenters. The third-order valence-electron chi connectivity index (χ3n) is 3.10. The summed E-state index contributed by atoms with van der Waals surface area (Å²) in [4.78, 5) is 23.4. The summed E-state index contributed by atoms with van der Waals surface area (Å²) < 4.78 is 4.97. The SMILES string of the molecule is CCOC(=O)N1CCN(c2ncnc(NN)c2N)CC1. The molecule has 1 amide bonds. The number of rotatable bonds is 3. The van der Waals surface area contributed by atoms with Crippen molar-refractivity contribution in [3.05, 3.63) is 6.33 Å². The highest BCUT2D eigenvalue weighted by Gasteiger charge is 2.24. The van der Waals surface area contributed by atoms with Crippen molar-refractivity contribution in [3.63, 3.8) is 0 Å². The molecule has 0 bridgehead atoms. The fourth-order valence-corrected chi connectivity index (χ4v) is 2.07. The highest BCUT2D eigenvalue weighted by atomic mass is 16.6. The average Bonchev–Trinajstić information content (AvgIpc) is 2.48. The van der Waals surface area contributed by atoms with Gasteiger partial charge in [-0.1, -0.05) is 0 Å². The molecular weight excluding hydrogens is 262 g/mol. The summed E-state index contributed by atoms with van der Waals surface area (Å²) in [5.74, 6) is 6.35. The van der Waals surface area contributed by atoms with E-state index in [1.165, 1.54) is 6.33 Å². The first-order valence-corrected chi connectivity index (χ1v) is 6.41. The van der Waals surface area contributed by atoms with Crippen molar-refractivity contribution in [2.24, 2.45) is 5.84 Å². The standard InChI is InChI=1S/C11H19N7O2/c1-2-20-11(19)18-5-3-17(4-6-18)10-8(12)9(16-13)14-7-15-10/h7H,2-6,12-13H2,1H3,(H,14,15,16). The van der Waals surface area contributed by atoms with E-state index in [9.17, 15) is 4.79 Å². The lowest BCUT2D eigenvalue weighted by atomic mass is 10.3. The zero-order chi connectivity index (χ0) is 14.5. The second-order valence-corrected chi connectivity index (χ2v) is 4.28. The molecule has 1 aliphatic heterocycles. The maximum absolute atomic E-state index is 11.6. The number of anilines is 3. The van der Waals surface area contributed by atoms with Crippen molar-refractivity contribution in [2.45, 2.75) is 6.92 Å². The van der Waals surface area contributed by atoms with Crippen molar-refractivity contribution < 1.29 is 9.53 Å². The van der Waals surface area contributed by atoms with Gasteiger partial charge in [-0.3, -0.25) is 0 Å². The van der Waals surface area contributed by atoms with Gasteiger partial charge in [-0.25, -0.2) is 20.6 Å². The van der Waals surface area contributed by atoms with Gasteiger partial charge in [0, 0.05) is 26.2 Å². The Bertz CT molecular complexity index is 474. The predicted molar refractivity (Wildman–Crippen MR) is 75.1 cm³/mol. The third-order valence-corrected chi connectivity index (χ3v) is 3.10. The quantitative estimate of drug-likeness (QED) is 0.506. The van der Waals surface area contributed by atoms with Crippen LogP contribution in [-0.4, -0.2) is 53.7 Å². The Hall–Kier alpha value is -2.29. The number of ether oxygens (including phenoxy) is 1. The van der Waals surface area contributed by atoms with Crippen LogP contribution in [0.3, 0.4) is 0 Å². The van der Waals surface area contributed by atoms with Crippen LogP contribution in [0.2, 0.25) is 0 Å². The molecule has 1 saturated heterocycles. The van der Waals surface area contributed by atoms with E-state index >= 15 is 0 Å². The van der Waals surface area contributed by atoms with Crippen LogP contribution in [0, 0.1) is 0 Å². The van der Waals surface area contributed by atoms with Crippen LogP contribution in [0.25, 0.3) is 0 Å². The first-order chi connectivity index (χ1) is 9.67. The monoisotopic (exact) mass is 281 g/mol. The van der Waals surface area contributed by atoms with Crippen molar-refractivity contribution in [2.75, 3.05) is 48.8 Å². The zero-order valence-electron chi connectivity index (χ0n) is 11.4. The van der Waals surface area contributed by atoms with E-state index in [-0.39, 0.29) is 6.09 Å². The van der Waals surface area contributed by atoms with Crippen LogP contribution < -0.4 is 21.9 Å². The molecule has 0 unspecified atom stereocenters. The van der Waals surface area contributed by atoms with Gasteiger partial charge in [-0.05, 0) is 6.92 Å². The van der Waals surface area contributed by atoms with Gasteiger partial charge >= 0.3 is 6.09 Å². The highest BCUT2D eigenvalue weighted by molar-refractivity contribution is 5.75. The second kappa shape index (κ2) is 6.24. The summed E-state index contributed by atoms with van der Waals surface area (Å²) in [6.07, 6.45) is 1.12. The van der Waals surface area contributed by atoms with Gasteiger partial charge in [0.25, 0.3) is 0 Å². The van der Waals surface area contributed by atoms with Crippen LogP contribution in [0.1, 0.15) is 6.92 Å². The number of nitrogen functional groups attached to an aromatic ring is 2. The van der Waals surface area contributed by atoms with Crippen molar-refractivity contribution in [1.29, 1.82) is 0 Å². The number of aromatic nitrogens is 2. The Balaban J connectivity index is 2.02. The predicted octanol–water partition coefficient (Wildman–Crippen LogP) is -0.377. The number of amides is 1. The van der Waals surface area contributed by atoms with Crippen LogP contribution >= 0.6 is 0 Å². The van der Waals surface area contributed by atoms with E-state index in [4.69, 9.17) is 16.3 Å². The first kappa shape index (κ1) is 14.1. The lowest BCUT2D eigenvalue weighted by molar-refractivity contribution is 0.105. The molecule has 2 rings (SSSR count). The second-order valence-electron chi connectivity index (χ2n) is 4.28. The van der Waals surface area contributed by atoms with Gasteiger partial charge in [-0.15, -0.1) is 0 Å². The molecule has 0 aromatic carbocycles. The lowest BCUT2D eigenvalue weighted by Gasteiger charge is -2.35. The number of nitrogens with zero attached hydrogens (tertiary/aromatic N) is 4. The number of hydrogen-bond acceptors (Lipinski definition) is 8. The molecule has 2 heterocycles. The van der Waals surface area contributed by atoms with Gasteiger partial charge in [0.05, 0.1) is 6.61 Å². The summed E-state index contributed by atoms with van der Waals surface area (Å²) in [7, 11) is 0. The molecule has 5 N–H and O–H groups in total. The molecular formula is C11H19N7O2. The Morgan fingerprint density at radius 1 is 1.40 bits per heavy atom. The molecule has 9 nitrogen and oxygen atoms in total. The Kier molecular flexibility index (Phi) is 4.41. The van der Waals surface area contributed by atoms with Gasteiger partial charge in [-0.2, -0.15) is 0 Å². The number of piperazine rings is 1. The average molecular weight is 281 g/mol. The molecule has 0 radical (unpaired) electrons. The lowest BCUT2D eigenvalue weighted by Crippen LogP contribution is -2.49. The summed E-state index contributed by atoms with van der Waals surface area (Å²) in [6, 6.07) is 0. The van der Waals surface area contributed by atoms with Crippen molar-refractivity contribution >= 4 is 23.4 Å². The highest BCUT2D eigenvalue weighted by Crippen LogP contribution is 2.26. The van der Waals surface area contributed by atoms with E-state index in [0.29, 0.717) is 50.1 Å². The van der Waals surface area contributed by atoms with E-state index < -0.39 is 0 Å². The molecule has 1 aromatic rings. The topological polar surface area (TPSA) is 123 Å². The van der Waals surface area contributed by atoms with Crippen LogP contribution in [0.4, 0.5) is 22.1 Å². The fraction of sp³-hybridized carbons (Fsp3) is 0.545. The van der Waals surface area contributed by atoms with Crippen molar-refractivity contribution in [3.8, 4) is 0 Å². The smallest absolute Gasteiger partial charge is 0.409 e. The molecule has 20 heavy (non-hydrogen) atoms. The van der Waals surface area contributed by atoms with E-state index in [2.05, 4.69) is 15.4 Å². The minimum Gasteiger partial charge on any atom is -0.450 e. The minimum absolute atomic E-state index is 0.285. The van der Waals surface area contributed by atoms with Gasteiger partial charge in [0.1, 0.15) is 12.0 Å². The molecule has 0 saturated carbocycles. The summed E-state index contributed by atoms with van der Waals surface area (Å²) >= 11 is 0. The molecule has 0 aliphatic carbocycles. The molecule has 1 aromatic heterocycles. The van der Waals surface area contributed by atoms with E-state index in [1.54, 1.807) is 11.8 Å². The zero-order valence-corrected chi connectivity index (χ0v) is 11.4. The van der Waals surface area contributed by atoms with E-state index in [1.807, 2.05) is 4.90 Å². The number of nitrogens with two attached hydrogens (primary N) is 2. The third kappa shape index (κ3) is 2.82. The number of hydrazine groups is 1. The van der Waals surface area contributed by atoms with Gasteiger partial charge in [0.15, 0.2) is 11.6 Å². The number of carbonyl (C=O) groups is 1. The van der Waals surface area contributed by atoms with Gasteiger partial charge < -0.3 is 25.7 Å². The number of carbonyl (C=O) groups excluding carboxylic acids is 1. The summed E-state index contributed by atoms with van der Waals surface area (Å²) in [5, 5.41) is 0. The minimum atomic E-state index is -0.285. The van der Waals surface area contributed by atoms with Crippen LogP contribution in [0.15, 0.2) is 6.33 Å². The maximum Gasteiger partial charge on any atom is 0.409 e. The Morgan fingerprint density at radius 2 is 2.10 bits per heavy atom. The largest absolute Gasteiger partial charge is 0.450 e. The summed E-state index contributed by atoms with van der Waals surface area (Å²) in [6.45, 7) is 4.55. The summed E-state index contributed by atoms with van der Waals surface area (Å²) in [5.41, 5.74) is 8.79. The van der Waals surface area contributed by atoms with Crippen molar-refractivity contribution in [1.82, 2.24) is 14.9 Å². The van der Waals surface area contributed by atoms with Crippen LogP contribution in [0.5, 0.6) is 0 Å². The fourth-order valence-electron chi connectivity index (χ4n) is 2.07. The van der Waals surface area contributed by atoms with Crippen LogP contribution in [-0.2, 0) is 4.74 Å². The molecule has 1 fully saturated rings. The number of hydrogen-bond donors (Lipinski definition) is 3.